The van der Waals surface area contributed by atoms with Crippen LogP contribution in [-0.2, 0) is 0 Å². The number of primary amides is 1. The molecule has 0 atom stereocenters. The van der Waals surface area contributed by atoms with Gasteiger partial charge in [-0.3, -0.25) is 9.59 Å². The number of nitrogens with two attached hydrogens (primary N) is 1. The van der Waals surface area contributed by atoms with Crippen LogP contribution in [0.25, 0.3) is 0 Å². The zero-order valence-electron chi connectivity index (χ0n) is 12.6. The average molecular weight is 336 g/mol. The molecule has 2 aromatic rings. The lowest BCUT2D eigenvalue weighted by Gasteiger charge is -2.11. The highest BCUT2D eigenvalue weighted by Crippen LogP contribution is 2.29. The van der Waals surface area contributed by atoms with Gasteiger partial charge in [-0.05, 0) is 36.4 Å². The minimum atomic E-state index is -3.00. The third kappa shape index (κ3) is 4.19. The fraction of sp³-hybridized carbons (Fsp3) is 0.125. The summed E-state index contributed by atoms with van der Waals surface area (Å²) in [6.07, 6.45) is 0. The molecular formula is C16H14F2N2O4. The van der Waals surface area contributed by atoms with Crippen molar-refractivity contribution in [3.05, 3.63) is 53.6 Å². The van der Waals surface area contributed by atoms with Gasteiger partial charge in [-0.15, -0.1) is 0 Å². The topological polar surface area (TPSA) is 90.6 Å². The van der Waals surface area contributed by atoms with Crippen molar-refractivity contribution in [3.63, 3.8) is 0 Å². The molecule has 0 heterocycles. The molecule has 0 saturated carbocycles. The van der Waals surface area contributed by atoms with Crippen LogP contribution in [0.1, 0.15) is 20.7 Å². The Hall–Kier alpha value is -3.16. The molecule has 3 N–H and O–H groups in total. The zero-order chi connectivity index (χ0) is 17.7. The lowest BCUT2D eigenvalue weighted by Crippen LogP contribution is -2.14. The summed E-state index contributed by atoms with van der Waals surface area (Å²) in [6, 6.07) is 9.87. The Kier molecular flexibility index (Phi) is 5.31. The first-order valence-electron chi connectivity index (χ1n) is 6.74. The molecule has 0 fully saturated rings. The molecule has 0 aliphatic rings. The van der Waals surface area contributed by atoms with Gasteiger partial charge in [-0.1, -0.05) is 6.07 Å². The van der Waals surface area contributed by atoms with E-state index in [4.69, 9.17) is 10.5 Å². The molecule has 2 aromatic carbocycles. The van der Waals surface area contributed by atoms with Crippen LogP contribution in [0.4, 0.5) is 14.5 Å². The SMILES string of the molecule is COc1cc(C(=O)Nc2cccc(C(N)=O)c2)ccc1OC(F)F. The maximum atomic E-state index is 12.3. The lowest BCUT2D eigenvalue weighted by atomic mass is 10.1. The number of hydrogen-bond donors (Lipinski definition) is 2. The van der Waals surface area contributed by atoms with E-state index in [2.05, 4.69) is 10.1 Å². The summed E-state index contributed by atoms with van der Waals surface area (Å²) in [5.41, 5.74) is 5.95. The second-order valence-corrected chi connectivity index (χ2v) is 4.64. The van der Waals surface area contributed by atoms with E-state index in [1.165, 1.54) is 37.4 Å². The van der Waals surface area contributed by atoms with Crippen molar-refractivity contribution in [3.8, 4) is 11.5 Å². The van der Waals surface area contributed by atoms with Crippen LogP contribution in [0.5, 0.6) is 11.5 Å². The number of ether oxygens (including phenoxy) is 2. The van der Waals surface area contributed by atoms with E-state index in [1.54, 1.807) is 12.1 Å². The van der Waals surface area contributed by atoms with Crippen LogP contribution < -0.4 is 20.5 Å². The number of methoxy groups -OCH3 is 1. The summed E-state index contributed by atoms with van der Waals surface area (Å²) in [5.74, 6) is -1.33. The number of hydrogen-bond acceptors (Lipinski definition) is 4. The Labute approximate surface area is 136 Å². The number of alkyl halides is 2. The third-order valence-electron chi connectivity index (χ3n) is 3.05. The number of carbonyl (C=O) groups is 2. The fourth-order valence-corrected chi connectivity index (χ4v) is 1.96. The molecule has 8 heteroatoms. The van der Waals surface area contributed by atoms with E-state index >= 15 is 0 Å². The minimum Gasteiger partial charge on any atom is -0.493 e. The van der Waals surface area contributed by atoms with Gasteiger partial charge >= 0.3 is 6.61 Å². The molecule has 0 aromatic heterocycles. The predicted octanol–water partition coefficient (Wildman–Crippen LogP) is 2.65. The van der Waals surface area contributed by atoms with E-state index in [0.29, 0.717) is 5.69 Å². The quantitative estimate of drug-likeness (QED) is 0.848. The Morgan fingerprint density at radius 2 is 1.83 bits per heavy atom. The Bertz CT molecular complexity index is 765. The number of rotatable bonds is 6. The van der Waals surface area contributed by atoms with Gasteiger partial charge < -0.3 is 20.5 Å². The van der Waals surface area contributed by atoms with Gasteiger partial charge in [0.1, 0.15) is 0 Å². The van der Waals surface area contributed by atoms with Crippen molar-refractivity contribution < 1.29 is 27.8 Å². The predicted molar refractivity (Wildman–Crippen MR) is 82.5 cm³/mol. The van der Waals surface area contributed by atoms with Gasteiger partial charge in [0.2, 0.25) is 5.91 Å². The second kappa shape index (κ2) is 7.40. The molecular weight excluding hydrogens is 322 g/mol. The summed E-state index contributed by atoms with van der Waals surface area (Å²) < 4.78 is 33.8. The van der Waals surface area contributed by atoms with Gasteiger partial charge in [0, 0.05) is 16.8 Å². The van der Waals surface area contributed by atoms with Crippen LogP contribution >= 0.6 is 0 Å². The van der Waals surface area contributed by atoms with Crippen molar-refractivity contribution in [2.75, 3.05) is 12.4 Å². The Morgan fingerprint density at radius 3 is 2.46 bits per heavy atom. The van der Waals surface area contributed by atoms with Gasteiger partial charge in [-0.25, -0.2) is 0 Å². The highest BCUT2D eigenvalue weighted by atomic mass is 19.3. The number of carbonyl (C=O) groups excluding carboxylic acids is 2. The van der Waals surface area contributed by atoms with E-state index in [0.717, 1.165) is 0 Å². The highest BCUT2D eigenvalue weighted by molar-refractivity contribution is 6.05. The molecule has 0 aliphatic heterocycles. The molecule has 2 rings (SSSR count). The van der Waals surface area contributed by atoms with Crippen LogP contribution in [0.15, 0.2) is 42.5 Å². The Morgan fingerprint density at radius 1 is 1.08 bits per heavy atom. The van der Waals surface area contributed by atoms with Crippen molar-refractivity contribution in [1.82, 2.24) is 0 Å². The normalized spacial score (nSPS) is 10.3. The molecule has 126 valence electrons. The monoisotopic (exact) mass is 336 g/mol. The largest absolute Gasteiger partial charge is 0.493 e. The number of anilines is 1. The second-order valence-electron chi connectivity index (χ2n) is 4.64. The van der Waals surface area contributed by atoms with Gasteiger partial charge in [0.15, 0.2) is 11.5 Å². The lowest BCUT2D eigenvalue weighted by molar-refractivity contribution is -0.0512. The van der Waals surface area contributed by atoms with E-state index in [1.807, 2.05) is 0 Å². The zero-order valence-corrected chi connectivity index (χ0v) is 12.6. The van der Waals surface area contributed by atoms with Gasteiger partial charge in [0.25, 0.3) is 5.91 Å². The fourth-order valence-electron chi connectivity index (χ4n) is 1.96. The first-order chi connectivity index (χ1) is 11.4. The van der Waals surface area contributed by atoms with Gasteiger partial charge in [0.05, 0.1) is 7.11 Å². The molecule has 0 radical (unpaired) electrons. The molecule has 0 aliphatic carbocycles. The van der Waals surface area contributed by atoms with E-state index in [-0.39, 0.29) is 22.6 Å². The smallest absolute Gasteiger partial charge is 0.387 e. The standard InChI is InChI=1S/C16H14F2N2O4/c1-23-13-8-10(5-6-12(13)24-16(17)18)15(22)20-11-4-2-3-9(7-11)14(19)21/h2-8,16H,1H3,(H2,19,21)(H,20,22). The third-order valence-corrected chi connectivity index (χ3v) is 3.05. The summed E-state index contributed by atoms with van der Waals surface area (Å²) in [6.45, 7) is -3.00. The summed E-state index contributed by atoms with van der Waals surface area (Å²) >= 11 is 0. The van der Waals surface area contributed by atoms with Crippen LogP contribution in [0, 0.1) is 0 Å². The number of nitrogens with one attached hydrogen (secondary N) is 1. The summed E-state index contributed by atoms with van der Waals surface area (Å²) in [4.78, 5) is 23.4. The first kappa shape index (κ1) is 17.2. The maximum absolute atomic E-state index is 12.3. The minimum absolute atomic E-state index is 0.00571. The highest BCUT2D eigenvalue weighted by Gasteiger charge is 2.14. The van der Waals surface area contributed by atoms with E-state index in [9.17, 15) is 18.4 Å². The molecule has 0 unspecified atom stereocenters. The summed E-state index contributed by atoms with van der Waals surface area (Å²) in [7, 11) is 1.27. The molecule has 6 nitrogen and oxygen atoms in total. The van der Waals surface area contributed by atoms with Crippen LogP contribution in [0.3, 0.4) is 0 Å². The molecule has 0 saturated heterocycles. The average Bonchev–Trinajstić information content (AvgIpc) is 2.54. The van der Waals surface area contributed by atoms with Crippen molar-refractivity contribution >= 4 is 17.5 Å². The number of amides is 2. The number of halogens is 2. The first-order valence-corrected chi connectivity index (χ1v) is 6.74. The maximum Gasteiger partial charge on any atom is 0.387 e. The van der Waals surface area contributed by atoms with Crippen molar-refractivity contribution in [2.45, 2.75) is 6.61 Å². The van der Waals surface area contributed by atoms with Crippen LogP contribution in [-0.4, -0.2) is 25.5 Å². The Balaban J connectivity index is 2.20. The van der Waals surface area contributed by atoms with Crippen LogP contribution in [0.2, 0.25) is 0 Å². The number of benzene rings is 2. The van der Waals surface area contributed by atoms with Crippen molar-refractivity contribution in [1.29, 1.82) is 0 Å². The molecule has 24 heavy (non-hydrogen) atoms. The molecule has 0 bridgehead atoms. The van der Waals surface area contributed by atoms with Gasteiger partial charge in [-0.2, -0.15) is 8.78 Å². The summed E-state index contributed by atoms with van der Waals surface area (Å²) in [5, 5.41) is 2.57. The van der Waals surface area contributed by atoms with Crippen molar-refractivity contribution in [2.24, 2.45) is 5.73 Å². The molecule has 2 amide bonds. The van der Waals surface area contributed by atoms with E-state index < -0.39 is 18.4 Å². The molecule has 0 spiro atoms.